The average molecular weight is 250 g/mol. The van der Waals surface area contributed by atoms with Crippen LogP contribution in [0, 0.1) is 0 Å². The molecular weight excluding hydrogens is 234 g/mol. The largest absolute Gasteiger partial charge is 0.342 e. The van der Waals surface area contributed by atoms with Gasteiger partial charge in [0.2, 0.25) is 5.91 Å². The highest BCUT2D eigenvalue weighted by Crippen LogP contribution is 2.41. The monoisotopic (exact) mass is 249 g/mol. The first kappa shape index (κ1) is 11.1. The standard InChI is InChI=1S/C14H16ClNO/c1-16-13-6-2-9-8-10(15)3-4-11(9)12(13)5-7-14(16)17/h3-4,8,12-13H,2,5-7H2,1H3/t12-,13+/m0/s1. The number of fused-ring (bicyclic) bond motifs is 3. The van der Waals surface area contributed by atoms with Crippen LogP contribution < -0.4 is 0 Å². The Bertz CT molecular complexity index is 471. The van der Waals surface area contributed by atoms with E-state index in [4.69, 9.17) is 11.6 Å². The molecular formula is C14H16ClNO. The third-order valence-corrected chi connectivity index (χ3v) is 4.47. The highest BCUT2D eigenvalue weighted by atomic mass is 35.5. The van der Waals surface area contributed by atoms with Crippen LogP contribution in [0.5, 0.6) is 0 Å². The van der Waals surface area contributed by atoms with Gasteiger partial charge in [-0.15, -0.1) is 0 Å². The fourth-order valence-electron chi connectivity index (χ4n) is 3.32. The van der Waals surface area contributed by atoms with Crippen LogP contribution in [-0.2, 0) is 11.2 Å². The predicted octanol–water partition coefficient (Wildman–Crippen LogP) is 2.99. The molecule has 17 heavy (non-hydrogen) atoms. The first-order chi connectivity index (χ1) is 8.16. The molecule has 0 spiro atoms. The van der Waals surface area contributed by atoms with Gasteiger partial charge in [-0.1, -0.05) is 17.7 Å². The molecule has 1 aliphatic heterocycles. The SMILES string of the molecule is CN1C(=O)CC[C@H]2c3ccc(Cl)cc3CC[C@H]21. The fourth-order valence-corrected chi connectivity index (χ4v) is 3.51. The highest BCUT2D eigenvalue weighted by Gasteiger charge is 2.37. The van der Waals surface area contributed by atoms with Gasteiger partial charge in [-0.25, -0.2) is 0 Å². The molecule has 0 aromatic heterocycles. The summed E-state index contributed by atoms with van der Waals surface area (Å²) in [5, 5.41) is 0.822. The number of halogens is 1. The molecule has 1 saturated heterocycles. The summed E-state index contributed by atoms with van der Waals surface area (Å²) in [5.74, 6) is 0.808. The summed E-state index contributed by atoms with van der Waals surface area (Å²) in [7, 11) is 1.94. The molecule has 1 fully saturated rings. The van der Waals surface area contributed by atoms with Crippen molar-refractivity contribution in [3.05, 3.63) is 34.3 Å². The third-order valence-electron chi connectivity index (χ3n) is 4.24. The number of aryl methyl sites for hydroxylation is 1. The maximum atomic E-state index is 11.7. The second kappa shape index (κ2) is 4.02. The molecule has 0 N–H and O–H groups in total. The lowest BCUT2D eigenvalue weighted by atomic mass is 9.74. The molecule has 1 aromatic carbocycles. The molecule has 0 unspecified atom stereocenters. The molecule has 1 aliphatic carbocycles. The average Bonchev–Trinajstić information content (AvgIpc) is 2.33. The van der Waals surface area contributed by atoms with E-state index in [1.54, 1.807) is 0 Å². The number of hydrogen-bond donors (Lipinski definition) is 0. The van der Waals surface area contributed by atoms with Crippen LogP contribution in [0.2, 0.25) is 5.02 Å². The first-order valence-electron chi connectivity index (χ1n) is 6.21. The Kier molecular flexibility index (Phi) is 2.62. The summed E-state index contributed by atoms with van der Waals surface area (Å²) in [6.45, 7) is 0. The van der Waals surface area contributed by atoms with E-state index >= 15 is 0 Å². The van der Waals surface area contributed by atoms with Crippen molar-refractivity contribution < 1.29 is 4.79 Å². The Labute approximate surface area is 107 Å². The number of amides is 1. The molecule has 3 heteroatoms. The Hall–Kier alpha value is -1.02. The van der Waals surface area contributed by atoms with Crippen LogP contribution in [0.3, 0.4) is 0 Å². The lowest BCUT2D eigenvalue weighted by molar-refractivity contribution is -0.135. The summed E-state index contributed by atoms with van der Waals surface area (Å²) >= 11 is 6.04. The van der Waals surface area contributed by atoms with Crippen LogP contribution in [-0.4, -0.2) is 23.9 Å². The van der Waals surface area contributed by atoms with Crippen LogP contribution in [0.1, 0.15) is 36.3 Å². The summed E-state index contributed by atoms with van der Waals surface area (Å²) in [6, 6.07) is 6.60. The molecule has 3 rings (SSSR count). The molecule has 0 saturated carbocycles. The summed E-state index contributed by atoms with van der Waals surface area (Å²) in [6.07, 6.45) is 3.77. The predicted molar refractivity (Wildman–Crippen MR) is 68.3 cm³/mol. The normalized spacial score (nSPS) is 27.6. The van der Waals surface area contributed by atoms with E-state index in [1.165, 1.54) is 11.1 Å². The highest BCUT2D eigenvalue weighted by molar-refractivity contribution is 6.30. The number of rotatable bonds is 0. The van der Waals surface area contributed by atoms with Crippen molar-refractivity contribution in [2.75, 3.05) is 7.05 Å². The third kappa shape index (κ3) is 1.75. The number of piperidine rings is 1. The second-order valence-corrected chi connectivity index (χ2v) is 5.54. The van der Waals surface area contributed by atoms with E-state index < -0.39 is 0 Å². The molecule has 1 amide bonds. The molecule has 2 aliphatic rings. The lowest BCUT2D eigenvalue weighted by Gasteiger charge is -2.43. The number of carbonyl (C=O) groups excluding carboxylic acids is 1. The minimum Gasteiger partial charge on any atom is -0.342 e. The van der Waals surface area contributed by atoms with Crippen LogP contribution in [0.25, 0.3) is 0 Å². The summed E-state index contributed by atoms with van der Waals surface area (Å²) in [4.78, 5) is 13.7. The van der Waals surface area contributed by atoms with E-state index in [1.807, 2.05) is 18.0 Å². The van der Waals surface area contributed by atoms with Crippen molar-refractivity contribution in [2.24, 2.45) is 0 Å². The molecule has 1 aromatic rings. The molecule has 0 bridgehead atoms. The minimum atomic E-state index is 0.295. The Morgan fingerprint density at radius 3 is 2.94 bits per heavy atom. The van der Waals surface area contributed by atoms with E-state index in [2.05, 4.69) is 12.1 Å². The Balaban J connectivity index is 1.99. The topological polar surface area (TPSA) is 20.3 Å². The van der Waals surface area contributed by atoms with Gasteiger partial charge < -0.3 is 4.90 Å². The molecule has 2 atom stereocenters. The van der Waals surface area contributed by atoms with Gasteiger partial charge in [0.25, 0.3) is 0 Å². The molecule has 2 nitrogen and oxygen atoms in total. The molecule has 90 valence electrons. The number of hydrogen-bond acceptors (Lipinski definition) is 1. The Morgan fingerprint density at radius 2 is 2.12 bits per heavy atom. The van der Waals surface area contributed by atoms with E-state index in [-0.39, 0.29) is 0 Å². The van der Waals surface area contributed by atoms with E-state index in [0.717, 1.165) is 24.3 Å². The van der Waals surface area contributed by atoms with Crippen LogP contribution in [0.15, 0.2) is 18.2 Å². The zero-order valence-corrected chi connectivity index (χ0v) is 10.7. The quantitative estimate of drug-likeness (QED) is 0.692. The van der Waals surface area contributed by atoms with Gasteiger partial charge in [0, 0.05) is 30.5 Å². The van der Waals surface area contributed by atoms with Crippen molar-refractivity contribution >= 4 is 17.5 Å². The van der Waals surface area contributed by atoms with Crippen molar-refractivity contribution in [2.45, 2.75) is 37.6 Å². The van der Waals surface area contributed by atoms with Gasteiger partial charge in [0.15, 0.2) is 0 Å². The van der Waals surface area contributed by atoms with Gasteiger partial charge in [-0.05, 0) is 42.5 Å². The van der Waals surface area contributed by atoms with Crippen LogP contribution >= 0.6 is 11.6 Å². The number of likely N-dealkylation sites (N-methyl/N-ethyl adjacent to an activating group) is 1. The Morgan fingerprint density at radius 1 is 1.29 bits per heavy atom. The van der Waals surface area contributed by atoms with E-state index in [9.17, 15) is 4.79 Å². The number of likely N-dealkylation sites (tertiary alicyclic amines) is 1. The number of benzene rings is 1. The smallest absolute Gasteiger partial charge is 0.222 e. The van der Waals surface area contributed by atoms with Gasteiger partial charge >= 0.3 is 0 Å². The molecule has 1 heterocycles. The lowest BCUT2D eigenvalue weighted by Crippen LogP contribution is -2.47. The van der Waals surface area contributed by atoms with Gasteiger partial charge in [0.1, 0.15) is 0 Å². The first-order valence-corrected chi connectivity index (χ1v) is 6.58. The molecule has 0 radical (unpaired) electrons. The summed E-state index contributed by atoms with van der Waals surface area (Å²) < 4.78 is 0. The number of nitrogens with zero attached hydrogens (tertiary/aromatic N) is 1. The zero-order chi connectivity index (χ0) is 12.0. The summed E-state index contributed by atoms with van der Waals surface area (Å²) in [5.41, 5.74) is 2.78. The van der Waals surface area contributed by atoms with Crippen molar-refractivity contribution in [3.8, 4) is 0 Å². The number of carbonyl (C=O) groups is 1. The minimum absolute atomic E-state index is 0.295. The fraction of sp³-hybridized carbons (Fsp3) is 0.500. The second-order valence-electron chi connectivity index (χ2n) is 5.10. The van der Waals surface area contributed by atoms with E-state index in [0.29, 0.717) is 24.3 Å². The maximum Gasteiger partial charge on any atom is 0.222 e. The van der Waals surface area contributed by atoms with Gasteiger partial charge in [-0.2, -0.15) is 0 Å². The van der Waals surface area contributed by atoms with Crippen molar-refractivity contribution in [1.29, 1.82) is 0 Å². The van der Waals surface area contributed by atoms with Gasteiger partial charge in [0.05, 0.1) is 0 Å². The zero-order valence-electron chi connectivity index (χ0n) is 9.95. The van der Waals surface area contributed by atoms with Crippen molar-refractivity contribution in [3.63, 3.8) is 0 Å². The van der Waals surface area contributed by atoms with Crippen LogP contribution in [0.4, 0.5) is 0 Å². The van der Waals surface area contributed by atoms with Gasteiger partial charge in [-0.3, -0.25) is 4.79 Å². The maximum absolute atomic E-state index is 11.7. The van der Waals surface area contributed by atoms with Crippen molar-refractivity contribution in [1.82, 2.24) is 4.90 Å².